The Balaban J connectivity index is 0.00000338. The molecule has 0 fully saturated rings. The minimum Gasteiger partial charge on any atom is -0.330 e. The predicted octanol–water partition coefficient (Wildman–Crippen LogP) is 3.21. The van der Waals surface area contributed by atoms with Crippen LogP contribution in [-0.2, 0) is 16.6 Å². The molecule has 0 aromatic heterocycles. The van der Waals surface area contributed by atoms with Gasteiger partial charge in [0.1, 0.15) is 0 Å². The molecule has 2 aromatic rings. The van der Waals surface area contributed by atoms with E-state index in [4.69, 9.17) is 17.3 Å². The van der Waals surface area contributed by atoms with E-state index in [1.165, 1.54) is 10.4 Å². The molecule has 2 rings (SSSR count). The highest BCUT2D eigenvalue weighted by Gasteiger charge is 2.31. The summed E-state index contributed by atoms with van der Waals surface area (Å²) in [6.07, 6.45) is 0.431. The smallest absolute Gasteiger partial charge is 0.289 e. The number of rotatable bonds is 8. The molecule has 0 atom stereocenters. The standard InChI is InChI=1S/C16H18ClN3O4S.ClH/c17-14-7-8-15(20(21)22)16(11-14)25(23,24)19(10-4-9-18)12-13-5-2-1-3-6-13;/h1-3,5-8,11H,4,9-10,12,18H2;1H. The molecule has 2 aromatic carbocycles. The second-order valence-corrected chi connectivity index (χ2v) is 7.68. The zero-order valence-electron chi connectivity index (χ0n) is 13.7. The van der Waals surface area contributed by atoms with Crippen LogP contribution in [0.2, 0.25) is 5.02 Å². The minimum atomic E-state index is -4.12. The fourth-order valence-electron chi connectivity index (χ4n) is 2.32. The second-order valence-electron chi connectivity index (χ2n) is 5.34. The van der Waals surface area contributed by atoms with E-state index < -0.39 is 25.5 Å². The lowest BCUT2D eigenvalue weighted by atomic mass is 10.2. The van der Waals surface area contributed by atoms with Gasteiger partial charge in [0.15, 0.2) is 4.90 Å². The van der Waals surface area contributed by atoms with Crippen LogP contribution < -0.4 is 5.73 Å². The lowest BCUT2D eigenvalue weighted by Crippen LogP contribution is -2.33. The number of benzene rings is 2. The van der Waals surface area contributed by atoms with Crippen molar-refractivity contribution in [3.8, 4) is 0 Å². The molecule has 0 aliphatic carbocycles. The number of nitrogens with zero attached hydrogens (tertiary/aromatic N) is 2. The molecule has 0 saturated heterocycles. The molecule has 0 aliphatic rings. The highest BCUT2D eigenvalue weighted by atomic mass is 35.5. The van der Waals surface area contributed by atoms with Gasteiger partial charge >= 0.3 is 0 Å². The van der Waals surface area contributed by atoms with Gasteiger partial charge < -0.3 is 5.73 Å². The maximum atomic E-state index is 13.0. The Labute approximate surface area is 163 Å². The fraction of sp³-hybridized carbons (Fsp3) is 0.250. The summed E-state index contributed by atoms with van der Waals surface area (Å²) in [7, 11) is -4.12. The van der Waals surface area contributed by atoms with E-state index in [-0.39, 0.29) is 30.5 Å². The second kappa shape index (κ2) is 9.84. The van der Waals surface area contributed by atoms with Gasteiger partial charge in [-0.25, -0.2) is 8.42 Å². The van der Waals surface area contributed by atoms with E-state index in [2.05, 4.69) is 0 Å². The zero-order valence-corrected chi connectivity index (χ0v) is 16.1. The lowest BCUT2D eigenvalue weighted by Gasteiger charge is -2.22. The van der Waals surface area contributed by atoms with Crippen LogP contribution in [0.3, 0.4) is 0 Å². The van der Waals surface area contributed by atoms with Crippen molar-refractivity contribution in [1.82, 2.24) is 4.31 Å². The molecule has 0 spiro atoms. The quantitative estimate of drug-likeness (QED) is 0.521. The van der Waals surface area contributed by atoms with E-state index in [9.17, 15) is 18.5 Å². The molecule has 0 aliphatic heterocycles. The molecule has 7 nitrogen and oxygen atoms in total. The largest absolute Gasteiger partial charge is 0.330 e. The zero-order chi connectivity index (χ0) is 18.4. The van der Waals surface area contributed by atoms with Crippen LogP contribution in [0.15, 0.2) is 53.4 Å². The van der Waals surface area contributed by atoms with Crippen molar-refractivity contribution in [3.63, 3.8) is 0 Å². The van der Waals surface area contributed by atoms with Crippen LogP contribution in [0, 0.1) is 10.1 Å². The van der Waals surface area contributed by atoms with Crippen molar-refractivity contribution in [2.75, 3.05) is 13.1 Å². The molecule has 0 saturated carbocycles. The molecular formula is C16H19Cl2N3O4S. The molecule has 0 unspecified atom stereocenters. The third-order valence-electron chi connectivity index (χ3n) is 3.55. The van der Waals surface area contributed by atoms with Gasteiger partial charge in [0.25, 0.3) is 5.69 Å². The lowest BCUT2D eigenvalue weighted by molar-refractivity contribution is -0.387. The summed E-state index contributed by atoms with van der Waals surface area (Å²) in [5, 5.41) is 11.3. The molecule has 26 heavy (non-hydrogen) atoms. The third kappa shape index (κ3) is 5.39. The van der Waals surface area contributed by atoms with Gasteiger partial charge in [-0.1, -0.05) is 41.9 Å². The number of sulfonamides is 1. The normalized spacial score (nSPS) is 11.2. The van der Waals surface area contributed by atoms with E-state index in [1.807, 2.05) is 6.07 Å². The van der Waals surface area contributed by atoms with Crippen molar-refractivity contribution in [3.05, 3.63) is 69.2 Å². The molecule has 0 radical (unpaired) electrons. The summed E-state index contributed by atoms with van der Waals surface area (Å²) in [5.41, 5.74) is 5.77. The van der Waals surface area contributed by atoms with E-state index in [0.29, 0.717) is 13.0 Å². The maximum absolute atomic E-state index is 13.0. The molecule has 0 heterocycles. The summed E-state index contributed by atoms with van der Waals surface area (Å²) < 4.78 is 27.3. The number of nitro benzene ring substituents is 1. The number of nitrogens with two attached hydrogens (primary N) is 1. The fourth-order valence-corrected chi connectivity index (χ4v) is 4.21. The Morgan fingerprint density at radius 1 is 1.15 bits per heavy atom. The first-order valence-corrected chi connectivity index (χ1v) is 9.36. The maximum Gasteiger partial charge on any atom is 0.289 e. The Hall–Kier alpha value is -1.71. The van der Waals surface area contributed by atoms with Crippen LogP contribution >= 0.6 is 24.0 Å². The molecule has 10 heteroatoms. The van der Waals surface area contributed by atoms with Gasteiger partial charge in [-0.05, 0) is 30.7 Å². The van der Waals surface area contributed by atoms with Crippen molar-refractivity contribution in [2.45, 2.75) is 17.9 Å². The van der Waals surface area contributed by atoms with E-state index >= 15 is 0 Å². The molecule has 142 valence electrons. The molecule has 2 N–H and O–H groups in total. The Morgan fingerprint density at radius 3 is 2.38 bits per heavy atom. The number of hydrogen-bond acceptors (Lipinski definition) is 5. The van der Waals surface area contributed by atoms with Crippen LogP contribution in [0.1, 0.15) is 12.0 Å². The number of hydrogen-bond donors (Lipinski definition) is 1. The van der Waals surface area contributed by atoms with Crippen LogP contribution in [0.5, 0.6) is 0 Å². The third-order valence-corrected chi connectivity index (χ3v) is 5.66. The van der Waals surface area contributed by atoms with Gasteiger partial charge in [-0.2, -0.15) is 4.31 Å². The molecule has 0 bridgehead atoms. The Morgan fingerprint density at radius 2 is 1.81 bits per heavy atom. The first-order chi connectivity index (χ1) is 11.9. The summed E-state index contributed by atoms with van der Waals surface area (Å²) in [6, 6.07) is 12.5. The van der Waals surface area contributed by atoms with Gasteiger partial charge in [-0.3, -0.25) is 10.1 Å². The van der Waals surface area contributed by atoms with Crippen molar-refractivity contribution < 1.29 is 13.3 Å². The summed E-state index contributed by atoms with van der Waals surface area (Å²) >= 11 is 5.87. The van der Waals surface area contributed by atoms with Crippen molar-refractivity contribution in [2.24, 2.45) is 5.73 Å². The van der Waals surface area contributed by atoms with Crippen molar-refractivity contribution >= 4 is 39.7 Å². The minimum absolute atomic E-state index is 0. The predicted molar refractivity (Wildman–Crippen MR) is 103 cm³/mol. The molecular weight excluding hydrogens is 401 g/mol. The average Bonchev–Trinajstić information content (AvgIpc) is 2.59. The molecule has 0 amide bonds. The Kier molecular flexibility index (Phi) is 8.45. The van der Waals surface area contributed by atoms with Crippen molar-refractivity contribution in [1.29, 1.82) is 0 Å². The first kappa shape index (κ1) is 22.3. The summed E-state index contributed by atoms with van der Waals surface area (Å²) in [6.45, 7) is 0.544. The van der Waals surface area contributed by atoms with Gasteiger partial charge in [0, 0.05) is 24.2 Å². The van der Waals surface area contributed by atoms with Gasteiger partial charge in [-0.15, -0.1) is 12.4 Å². The number of nitro groups is 1. The SMILES string of the molecule is Cl.NCCCN(Cc1ccccc1)S(=O)(=O)c1cc(Cl)ccc1[N+](=O)[O-]. The van der Waals surface area contributed by atoms with Crippen LogP contribution in [-0.4, -0.2) is 30.7 Å². The monoisotopic (exact) mass is 419 g/mol. The first-order valence-electron chi connectivity index (χ1n) is 7.54. The summed E-state index contributed by atoms with van der Waals surface area (Å²) in [4.78, 5) is 10.1. The topological polar surface area (TPSA) is 107 Å². The average molecular weight is 420 g/mol. The highest BCUT2D eigenvalue weighted by Crippen LogP contribution is 2.30. The van der Waals surface area contributed by atoms with E-state index in [0.717, 1.165) is 17.7 Å². The van der Waals surface area contributed by atoms with Gasteiger partial charge in [0.05, 0.1) is 4.92 Å². The van der Waals surface area contributed by atoms with Gasteiger partial charge in [0.2, 0.25) is 10.0 Å². The van der Waals surface area contributed by atoms with E-state index in [1.54, 1.807) is 24.3 Å². The number of halogens is 2. The Bertz CT molecular complexity index is 848. The van der Waals surface area contributed by atoms with Crippen LogP contribution in [0.4, 0.5) is 5.69 Å². The summed E-state index contributed by atoms with van der Waals surface area (Å²) in [5.74, 6) is 0. The highest BCUT2D eigenvalue weighted by molar-refractivity contribution is 7.89. The van der Waals surface area contributed by atoms with Crippen LogP contribution in [0.25, 0.3) is 0 Å².